The second kappa shape index (κ2) is 5.44. The smallest absolute Gasteiger partial charge is 0.0955 e. The normalized spacial score (nSPS) is 14.2. The lowest BCUT2D eigenvalue weighted by Gasteiger charge is -2.25. The molecule has 2 aromatic carbocycles. The van der Waals surface area contributed by atoms with Crippen LogP contribution in [0.1, 0.15) is 39.2 Å². The highest BCUT2D eigenvalue weighted by Crippen LogP contribution is 2.41. The van der Waals surface area contributed by atoms with Crippen molar-refractivity contribution in [1.29, 1.82) is 0 Å². The van der Waals surface area contributed by atoms with Crippen LogP contribution in [0.5, 0.6) is 0 Å². The maximum Gasteiger partial charge on any atom is 0.0955 e. The Balaban J connectivity index is 2.02. The van der Waals surface area contributed by atoms with Gasteiger partial charge in [0.25, 0.3) is 0 Å². The number of rotatable bonds is 3. The summed E-state index contributed by atoms with van der Waals surface area (Å²) in [6, 6.07) is 18.1. The zero-order valence-electron chi connectivity index (χ0n) is 13.4. The highest BCUT2D eigenvalue weighted by Gasteiger charge is 2.28. The molecule has 0 amide bonds. The highest BCUT2D eigenvalue weighted by molar-refractivity contribution is 5.82. The van der Waals surface area contributed by atoms with E-state index in [1.165, 1.54) is 22.6 Å². The van der Waals surface area contributed by atoms with Gasteiger partial charge in [-0.2, -0.15) is 0 Å². The zero-order valence-corrected chi connectivity index (χ0v) is 13.4. The van der Waals surface area contributed by atoms with Crippen LogP contribution in [0.2, 0.25) is 0 Å². The van der Waals surface area contributed by atoms with Gasteiger partial charge in [-0.25, -0.2) is 0 Å². The molecule has 0 fully saturated rings. The molecule has 2 aromatic rings. The minimum atomic E-state index is 0.504. The van der Waals surface area contributed by atoms with Gasteiger partial charge in [-0.1, -0.05) is 38.1 Å². The predicted molar refractivity (Wildman–Crippen MR) is 91.6 cm³/mol. The lowest BCUT2D eigenvalue weighted by molar-refractivity contribution is 0.709. The summed E-state index contributed by atoms with van der Waals surface area (Å²) < 4.78 is 0. The van der Waals surface area contributed by atoms with E-state index in [1.807, 2.05) is 0 Å². The number of hydrogen-bond donors (Lipinski definition) is 0. The number of hydrogen-bond acceptors (Lipinski definition) is 2. The van der Waals surface area contributed by atoms with E-state index in [2.05, 4.69) is 86.0 Å². The summed E-state index contributed by atoms with van der Waals surface area (Å²) in [7, 11) is 0. The molecule has 0 aromatic heterocycles. The van der Waals surface area contributed by atoms with Gasteiger partial charge in [-0.3, -0.25) is 0 Å². The number of para-hydroxylation sites is 2. The molecule has 0 N–H and O–H groups in total. The fourth-order valence-electron chi connectivity index (χ4n) is 2.95. The molecule has 0 spiro atoms. The second-order valence-electron chi connectivity index (χ2n) is 6.37. The van der Waals surface area contributed by atoms with Crippen molar-refractivity contribution in [3.8, 4) is 0 Å². The Morgan fingerprint density at radius 3 is 2.24 bits per heavy atom. The summed E-state index contributed by atoms with van der Waals surface area (Å²) in [5.41, 5.74) is 5.33. The van der Waals surface area contributed by atoms with Gasteiger partial charge < -0.3 is 9.80 Å². The third kappa shape index (κ3) is 2.51. The molecule has 0 unspecified atom stereocenters. The van der Waals surface area contributed by atoms with Crippen LogP contribution in [-0.4, -0.2) is 12.7 Å². The van der Waals surface area contributed by atoms with Gasteiger partial charge in [0.1, 0.15) is 0 Å². The monoisotopic (exact) mass is 280 g/mol. The maximum absolute atomic E-state index is 2.46. The quantitative estimate of drug-likeness (QED) is 0.768. The minimum Gasteiger partial charge on any atom is -0.349 e. The predicted octanol–water partition coefficient (Wildman–Crippen LogP) is 5.13. The summed E-state index contributed by atoms with van der Waals surface area (Å²) in [6.45, 7) is 9.93. The van der Waals surface area contributed by atoms with E-state index in [0.29, 0.717) is 12.0 Å². The average molecular weight is 280 g/mol. The minimum absolute atomic E-state index is 0.504. The summed E-state index contributed by atoms with van der Waals surface area (Å²) in [6.07, 6.45) is 0. The molecule has 2 heteroatoms. The number of benzene rings is 2. The Morgan fingerprint density at radius 2 is 1.57 bits per heavy atom. The summed E-state index contributed by atoms with van der Waals surface area (Å²) in [5, 5.41) is 0. The zero-order chi connectivity index (χ0) is 15.0. The molecule has 0 bridgehead atoms. The van der Waals surface area contributed by atoms with Crippen molar-refractivity contribution in [3.63, 3.8) is 0 Å². The topological polar surface area (TPSA) is 6.48 Å². The van der Waals surface area contributed by atoms with Crippen LogP contribution >= 0.6 is 0 Å². The van der Waals surface area contributed by atoms with E-state index in [4.69, 9.17) is 0 Å². The van der Waals surface area contributed by atoms with Crippen molar-refractivity contribution in [3.05, 3.63) is 54.1 Å². The second-order valence-corrected chi connectivity index (χ2v) is 6.37. The van der Waals surface area contributed by atoms with Crippen molar-refractivity contribution in [2.75, 3.05) is 16.5 Å². The van der Waals surface area contributed by atoms with Crippen LogP contribution in [0.3, 0.4) is 0 Å². The lowest BCUT2D eigenvalue weighted by atomic mass is 10.0. The van der Waals surface area contributed by atoms with Crippen LogP contribution in [0.15, 0.2) is 48.5 Å². The van der Waals surface area contributed by atoms with Crippen molar-refractivity contribution in [2.45, 2.75) is 39.7 Å². The molecule has 0 radical (unpaired) electrons. The molecular formula is C19H24N2. The SMILES string of the molecule is CC(C)c1cccc(N2CN(C(C)C)c3ccccc32)c1. The summed E-state index contributed by atoms with van der Waals surface area (Å²) in [4.78, 5) is 4.87. The highest BCUT2D eigenvalue weighted by atomic mass is 15.4. The molecule has 110 valence electrons. The average Bonchev–Trinajstić information content (AvgIpc) is 2.87. The van der Waals surface area contributed by atoms with Gasteiger partial charge in [0.2, 0.25) is 0 Å². The summed E-state index contributed by atoms with van der Waals surface area (Å²) in [5.74, 6) is 0.559. The molecule has 1 aliphatic rings. The van der Waals surface area contributed by atoms with Gasteiger partial charge in [-0.05, 0) is 49.6 Å². The van der Waals surface area contributed by atoms with Crippen molar-refractivity contribution < 1.29 is 0 Å². The number of anilines is 3. The molecule has 2 nitrogen and oxygen atoms in total. The van der Waals surface area contributed by atoms with E-state index in [0.717, 1.165) is 6.67 Å². The fraction of sp³-hybridized carbons (Fsp3) is 0.368. The van der Waals surface area contributed by atoms with Gasteiger partial charge in [-0.15, -0.1) is 0 Å². The molecule has 3 rings (SSSR count). The van der Waals surface area contributed by atoms with Crippen LogP contribution in [0.4, 0.5) is 17.1 Å². The Bertz CT molecular complexity index is 631. The molecule has 0 saturated heterocycles. The molecule has 21 heavy (non-hydrogen) atoms. The van der Waals surface area contributed by atoms with Gasteiger partial charge in [0.15, 0.2) is 0 Å². The molecular weight excluding hydrogens is 256 g/mol. The van der Waals surface area contributed by atoms with E-state index in [1.54, 1.807) is 0 Å². The van der Waals surface area contributed by atoms with Gasteiger partial charge >= 0.3 is 0 Å². The molecule has 1 aliphatic heterocycles. The Hall–Kier alpha value is -1.96. The Kier molecular flexibility index (Phi) is 3.62. The molecule has 1 heterocycles. The first-order chi connectivity index (χ1) is 10.1. The van der Waals surface area contributed by atoms with Crippen molar-refractivity contribution in [2.24, 2.45) is 0 Å². The van der Waals surface area contributed by atoms with Crippen LogP contribution in [0, 0.1) is 0 Å². The van der Waals surface area contributed by atoms with Crippen LogP contribution in [0.25, 0.3) is 0 Å². The third-order valence-corrected chi connectivity index (χ3v) is 4.25. The van der Waals surface area contributed by atoms with Gasteiger partial charge in [0.05, 0.1) is 18.0 Å². The van der Waals surface area contributed by atoms with Crippen molar-refractivity contribution in [1.82, 2.24) is 0 Å². The first-order valence-electron chi connectivity index (χ1n) is 7.81. The largest absolute Gasteiger partial charge is 0.349 e. The first-order valence-corrected chi connectivity index (χ1v) is 7.81. The van der Waals surface area contributed by atoms with Gasteiger partial charge in [0, 0.05) is 11.7 Å². The van der Waals surface area contributed by atoms with E-state index < -0.39 is 0 Å². The standard InChI is InChI=1S/C19H24N2/c1-14(2)16-8-7-9-17(12-16)21-13-20(15(3)4)18-10-5-6-11-19(18)21/h5-12,14-15H,13H2,1-4H3. The maximum atomic E-state index is 2.46. The number of fused-ring (bicyclic) bond motifs is 1. The van der Waals surface area contributed by atoms with E-state index >= 15 is 0 Å². The Labute approximate surface area is 128 Å². The van der Waals surface area contributed by atoms with E-state index in [9.17, 15) is 0 Å². The third-order valence-electron chi connectivity index (χ3n) is 4.25. The summed E-state index contributed by atoms with van der Waals surface area (Å²) >= 11 is 0. The van der Waals surface area contributed by atoms with Crippen LogP contribution < -0.4 is 9.80 Å². The number of nitrogens with zero attached hydrogens (tertiary/aromatic N) is 2. The van der Waals surface area contributed by atoms with Crippen LogP contribution in [-0.2, 0) is 0 Å². The Morgan fingerprint density at radius 1 is 0.857 bits per heavy atom. The molecule has 0 atom stereocenters. The first kappa shape index (κ1) is 14.0. The van der Waals surface area contributed by atoms with E-state index in [-0.39, 0.29) is 0 Å². The van der Waals surface area contributed by atoms with Crippen molar-refractivity contribution >= 4 is 17.1 Å². The molecule has 0 aliphatic carbocycles. The lowest BCUT2D eigenvalue weighted by Crippen LogP contribution is -2.33. The molecule has 0 saturated carbocycles. The fourth-order valence-corrected chi connectivity index (χ4v) is 2.95.